The summed E-state index contributed by atoms with van der Waals surface area (Å²) in [7, 11) is -2.91. The molecule has 0 N–H and O–H groups in total. The zero-order chi connectivity index (χ0) is 10.6. The van der Waals surface area contributed by atoms with Gasteiger partial charge in [0.25, 0.3) is 0 Å². The molecule has 0 unspecified atom stereocenters. The fraction of sp³-hybridized carbons (Fsp3) is 0.222. The van der Waals surface area contributed by atoms with E-state index in [9.17, 15) is 13.2 Å². The second-order valence-electron chi connectivity index (χ2n) is 2.58. The number of hydrogen-bond donors (Lipinski definition) is 0. The minimum atomic E-state index is -3.30. The van der Waals surface area contributed by atoms with Crippen molar-refractivity contribution in [1.82, 2.24) is 0 Å². The molecule has 1 aromatic carbocycles. The van der Waals surface area contributed by atoms with Gasteiger partial charge in [0.05, 0.1) is 5.75 Å². The molecule has 0 saturated carbocycles. The molecule has 0 heterocycles. The quantitative estimate of drug-likeness (QED) is 0.602. The molecule has 0 aliphatic carbocycles. The topological polar surface area (TPSA) is 51.2 Å². The minimum absolute atomic E-state index is 0. The van der Waals surface area contributed by atoms with Crippen LogP contribution in [0.2, 0.25) is 0 Å². The van der Waals surface area contributed by atoms with E-state index in [4.69, 9.17) is 0 Å². The fourth-order valence-electron chi connectivity index (χ4n) is 0.797. The first-order valence-electron chi connectivity index (χ1n) is 4.06. The predicted molar refractivity (Wildman–Crippen MR) is 65.0 cm³/mol. The molecular weight excluding hydrogens is 243 g/mol. The van der Waals surface area contributed by atoms with Crippen molar-refractivity contribution in [3.8, 4) is 0 Å². The van der Waals surface area contributed by atoms with Crippen LogP contribution < -0.4 is 0 Å². The summed E-state index contributed by atoms with van der Waals surface area (Å²) in [4.78, 5) is 11.4. The summed E-state index contributed by atoms with van der Waals surface area (Å²) < 4.78 is 22.3. The Morgan fingerprint density at radius 3 is 2.27 bits per heavy atom. The summed E-state index contributed by atoms with van der Waals surface area (Å²) in [6, 6.07) is 8.37. The van der Waals surface area contributed by atoms with Crippen LogP contribution in [0.25, 0.3) is 0 Å². The number of benzene rings is 1. The third kappa shape index (κ3) is 5.17. The van der Waals surface area contributed by atoms with E-state index in [1.165, 1.54) is 6.92 Å². The van der Waals surface area contributed by atoms with E-state index in [1.54, 1.807) is 30.3 Å². The summed E-state index contributed by atoms with van der Waals surface area (Å²) in [6.07, 6.45) is 0. The molecule has 0 aliphatic heterocycles. The van der Waals surface area contributed by atoms with Crippen molar-refractivity contribution >= 4 is 54.3 Å². The van der Waals surface area contributed by atoms with Gasteiger partial charge in [0, 0.05) is 16.4 Å². The normalized spacial score (nSPS) is 10.5. The van der Waals surface area contributed by atoms with Crippen LogP contribution in [0, 0.1) is 0 Å². The Hall–Kier alpha value is 0.190. The Labute approximate surface area is 115 Å². The molecule has 0 atom stereocenters. The van der Waals surface area contributed by atoms with Crippen molar-refractivity contribution in [2.45, 2.75) is 6.92 Å². The van der Waals surface area contributed by atoms with Crippen LogP contribution >= 0.6 is 10.8 Å². The van der Waals surface area contributed by atoms with Crippen LogP contribution in [0.15, 0.2) is 30.3 Å². The zero-order valence-corrected chi connectivity index (χ0v) is 9.27. The third-order valence-electron chi connectivity index (χ3n) is 1.57. The predicted octanol–water partition coefficient (Wildman–Crippen LogP) is 1.26. The van der Waals surface area contributed by atoms with Crippen LogP contribution in [-0.2, 0) is 8.87 Å². The van der Waals surface area contributed by atoms with Crippen molar-refractivity contribution in [3.05, 3.63) is 35.9 Å². The monoisotopic (exact) mass is 254 g/mol. The van der Waals surface area contributed by atoms with Crippen LogP contribution in [-0.4, -0.2) is 48.8 Å². The molecule has 0 fully saturated rings. The van der Waals surface area contributed by atoms with E-state index < -0.39 is 14.0 Å². The first-order chi connectivity index (χ1) is 6.55. The molecule has 15 heavy (non-hydrogen) atoms. The molecule has 1 rings (SSSR count). The summed E-state index contributed by atoms with van der Waals surface area (Å²) >= 11 is 0. The van der Waals surface area contributed by atoms with Gasteiger partial charge < -0.3 is 0 Å². The van der Waals surface area contributed by atoms with Crippen LogP contribution in [0.3, 0.4) is 0 Å². The van der Waals surface area contributed by atoms with Crippen molar-refractivity contribution in [3.63, 3.8) is 0 Å². The van der Waals surface area contributed by atoms with Crippen molar-refractivity contribution in [1.29, 1.82) is 0 Å². The molecule has 3 nitrogen and oxygen atoms in total. The maximum absolute atomic E-state index is 11.4. The Kier molecular flexibility index (Phi) is 6.79. The Morgan fingerprint density at radius 2 is 1.80 bits per heavy atom. The van der Waals surface area contributed by atoms with Gasteiger partial charge >= 0.3 is 29.6 Å². The summed E-state index contributed by atoms with van der Waals surface area (Å²) in [5.74, 6) is -0.0315. The van der Waals surface area contributed by atoms with Gasteiger partial charge in [-0.25, -0.2) is 8.42 Å². The summed E-state index contributed by atoms with van der Waals surface area (Å²) in [5.41, 5.74) is 0.412. The van der Waals surface area contributed by atoms with Crippen molar-refractivity contribution in [2.75, 3.05) is 5.75 Å². The Morgan fingerprint density at radius 1 is 1.27 bits per heavy atom. The number of carbonyl (C=O) groups excluding carboxylic acids is 1. The van der Waals surface area contributed by atoms with E-state index in [-0.39, 0.29) is 35.3 Å². The number of carbonyl (C=O) groups is 1. The molecule has 0 aromatic heterocycles. The van der Waals surface area contributed by atoms with E-state index in [0.29, 0.717) is 16.4 Å². The maximum atomic E-state index is 11.4. The average molecular weight is 254 g/mol. The first kappa shape index (κ1) is 15.2. The van der Waals surface area contributed by atoms with E-state index in [0.717, 1.165) is 0 Å². The third-order valence-corrected chi connectivity index (χ3v) is 4.84. The standard InChI is InChI=1S/C9H10O3S2.Na.H/c1-2-14(11,12)13-9(10)8-6-4-3-5-7-8;;/h3-7H,2H2,1H3;;. The molecule has 0 aliphatic rings. The van der Waals surface area contributed by atoms with E-state index >= 15 is 0 Å². The van der Waals surface area contributed by atoms with E-state index in [2.05, 4.69) is 0 Å². The van der Waals surface area contributed by atoms with Crippen LogP contribution in [0.4, 0.5) is 0 Å². The Balaban J connectivity index is 0.00000196. The summed E-state index contributed by atoms with van der Waals surface area (Å²) in [6.45, 7) is 1.51. The van der Waals surface area contributed by atoms with Gasteiger partial charge in [0.2, 0.25) is 14.0 Å². The van der Waals surface area contributed by atoms with Crippen molar-refractivity contribution < 1.29 is 13.2 Å². The molecule has 0 spiro atoms. The zero-order valence-electron chi connectivity index (χ0n) is 7.64. The summed E-state index contributed by atoms with van der Waals surface area (Å²) in [5, 5.41) is -0.424. The fourth-order valence-corrected chi connectivity index (χ4v) is 2.71. The number of hydrogen-bond acceptors (Lipinski definition) is 4. The average Bonchev–Trinajstić information content (AvgIpc) is 2.19. The van der Waals surface area contributed by atoms with Gasteiger partial charge in [0.15, 0.2) is 0 Å². The molecular formula is C9H11NaO3S2. The van der Waals surface area contributed by atoms with Crippen LogP contribution in [0.5, 0.6) is 0 Å². The molecule has 0 bridgehead atoms. The van der Waals surface area contributed by atoms with Crippen molar-refractivity contribution in [2.24, 2.45) is 0 Å². The SMILES string of the molecule is CCS(=O)(=O)SC(=O)c1ccccc1.[NaH]. The molecule has 6 heteroatoms. The van der Waals surface area contributed by atoms with Gasteiger partial charge in [0.1, 0.15) is 0 Å². The molecule has 0 amide bonds. The molecule has 0 radical (unpaired) electrons. The second-order valence-corrected chi connectivity index (χ2v) is 6.84. The van der Waals surface area contributed by atoms with Gasteiger partial charge in [-0.1, -0.05) is 37.3 Å². The van der Waals surface area contributed by atoms with Gasteiger partial charge in [-0.15, -0.1) is 0 Å². The van der Waals surface area contributed by atoms with Crippen LogP contribution in [0.1, 0.15) is 17.3 Å². The number of rotatable bonds is 3. The Bertz CT molecular complexity index is 414. The molecule has 1 aromatic rings. The van der Waals surface area contributed by atoms with E-state index in [1.807, 2.05) is 0 Å². The second kappa shape index (κ2) is 6.70. The van der Waals surface area contributed by atoms with Gasteiger partial charge in [-0.05, 0) is 0 Å². The molecule has 78 valence electrons. The molecule has 0 saturated heterocycles. The van der Waals surface area contributed by atoms with Gasteiger partial charge in [-0.3, -0.25) is 4.79 Å². The first-order valence-corrected chi connectivity index (χ1v) is 7.05. The van der Waals surface area contributed by atoms with Gasteiger partial charge in [-0.2, -0.15) is 0 Å².